The van der Waals surface area contributed by atoms with Crippen LogP contribution in [0.2, 0.25) is 5.02 Å². The number of esters is 1. The van der Waals surface area contributed by atoms with Gasteiger partial charge in [-0.05, 0) is 53.5 Å². The van der Waals surface area contributed by atoms with Crippen LogP contribution in [0.25, 0.3) is 22.0 Å². The zero-order chi connectivity index (χ0) is 24.2. The Morgan fingerprint density at radius 2 is 1.85 bits per heavy atom. The van der Waals surface area contributed by atoms with Crippen LogP contribution in [-0.2, 0) is 4.79 Å². The third-order valence-corrected chi connectivity index (χ3v) is 5.77. The number of H-pyrrole nitrogens is 1. The molecule has 0 saturated carbocycles. The summed E-state index contributed by atoms with van der Waals surface area (Å²) in [6, 6.07) is 14.0. The molecule has 4 nitrogen and oxygen atoms in total. The van der Waals surface area contributed by atoms with Crippen LogP contribution in [0.4, 0.5) is 8.78 Å². The third kappa shape index (κ3) is 4.60. The Hall–Kier alpha value is -3.48. The summed E-state index contributed by atoms with van der Waals surface area (Å²) >= 11 is 12.6. The Balaban J connectivity index is 2.11. The molecule has 1 N–H and O–H groups in total. The SMILES string of the molecule is C=CC(=O)Oc1ccccc1/C(=C(/CCCl)c1ccc(F)cc1Cl)c1ccc2[nH]ncc2c1F. The van der Waals surface area contributed by atoms with Gasteiger partial charge in [-0.15, -0.1) is 11.6 Å². The molecular formula is C26H18Cl2F2N2O2. The lowest BCUT2D eigenvalue weighted by Gasteiger charge is -2.20. The Bertz CT molecular complexity index is 1430. The number of aromatic amines is 1. The van der Waals surface area contributed by atoms with Gasteiger partial charge in [-0.25, -0.2) is 13.6 Å². The maximum absolute atomic E-state index is 15.8. The third-order valence-electron chi connectivity index (χ3n) is 5.26. The van der Waals surface area contributed by atoms with E-state index in [-0.39, 0.29) is 34.0 Å². The highest BCUT2D eigenvalue weighted by Crippen LogP contribution is 2.42. The van der Waals surface area contributed by atoms with E-state index < -0.39 is 17.6 Å². The first kappa shape index (κ1) is 23.7. The number of carbonyl (C=O) groups excluding carboxylic acids is 1. The Labute approximate surface area is 204 Å². The fourth-order valence-corrected chi connectivity index (χ4v) is 4.25. The van der Waals surface area contributed by atoms with Gasteiger partial charge < -0.3 is 4.74 Å². The first-order valence-electron chi connectivity index (χ1n) is 10.2. The van der Waals surface area contributed by atoms with Crippen LogP contribution in [0, 0.1) is 11.6 Å². The number of rotatable bonds is 7. The number of allylic oxidation sites excluding steroid dienone is 1. The van der Waals surface area contributed by atoms with Crippen molar-refractivity contribution >= 4 is 51.2 Å². The van der Waals surface area contributed by atoms with E-state index in [9.17, 15) is 9.18 Å². The molecule has 0 bridgehead atoms. The van der Waals surface area contributed by atoms with Crippen LogP contribution in [0.15, 0.2) is 73.4 Å². The molecule has 0 unspecified atom stereocenters. The number of hydrogen-bond acceptors (Lipinski definition) is 3. The first-order chi connectivity index (χ1) is 16.4. The number of alkyl halides is 1. The number of aromatic nitrogens is 2. The maximum atomic E-state index is 15.8. The van der Waals surface area contributed by atoms with Gasteiger partial charge >= 0.3 is 5.97 Å². The van der Waals surface area contributed by atoms with Crippen molar-refractivity contribution in [1.82, 2.24) is 10.2 Å². The monoisotopic (exact) mass is 498 g/mol. The minimum Gasteiger partial charge on any atom is -0.423 e. The molecule has 0 fully saturated rings. The van der Waals surface area contributed by atoms with Crippen molar-refractivity contribution in [2.24, 2.45) is 0 Å². The molecule has 1 heterocycles. The van der Waals surface area contributed by atoms with E-state index >= 15 is 4.39 Å². The van der Waals surface area contributed by atoms with Crippen LogP contribution in [0.1, 0.15) is 23.1 Å². The van der Waals surface area contributed by atoms with Crippen molar-refractivity contribution in [1.29, 1.82) is 0 Å². The molecule has 3 aromatic carbocycles. The number of ether oxygens (including phenoxy) is 1. The standard InChI is InChI=1S/C26H18Cl2F2N2O2/c1-2-24(33)34-23-6-4-3-5-18(23)25(19-9-10-22-20(26(19)30)14-31-32-22)17(11-12-27)16-8-7-15(29)13-21(16)28/h2-10,13-14H,1,11-12H2,(H,31,32)/b25-17+. The molecule has 0 aliphatic rings. The molecule has 4 aromatic rings. The number of fused-ring (bicyclic) bond motifs is 1. The van der Waals surface area contributed by atoms with Gasteiger partial charge in [-0.3, -0.25) is 5.10 Å². The van der Waals surface area contributed by atoms with Gasteiger partial charge in [0.15, 0.2) is 0 Å². The largest absolute Gasteiger partial charge is 0.423 e. The van der Waals surface area contributed by atoms with E-state index in [1.807, 2.05) is 0 Å². The predicted octanol–water partition coefficient (Wildman–Crippen LogP) is 7.17. The van der Waals surface area contributed by atoms with Crippen molar-refractivity contribution in [3.8, 4) is 5.75 Å². The second-order valence-electron chi connectivity index (χ2n) is 7.30. The number of para-hydroxylation sites is 1. The van der Waals surface area contributed by atoms with Crippen LogP contribution >= 0.6 is 23.2 Å². The highest BCUT2D eigenvalue weighted by Gasteiger charge is 2.23. The molecule has 0 radical (unpaired) electrons. The molecule has 172 valence electrons. The summed E-state index contributed by atoms with van der Waals surface area (Å²) in [5.41, 5.74) is 2.61. The van der Waals surface area contributed by atoms with Gasteiger partial charge in [0.1, 0.15) is 17.4 Å². The van der Waals surface area contributed by atoms with Gasteiger partial charge in [0.05, 0.1) is 22.1 Å². The van der Waals surface area contributed by atoms with Crippen LogP contribution in [0.3, 0.4) is 0 Å². The van der Waals surface area contributed by atoms with Crippen LogP contribution in [-0.4, -0.2) is 22.0 Å². The van der Waals surface area contributed by atoms with E-state index in [4.69, 9.17) is 27.9 Å². The van der Waals surface area contributed by atoms with Crippen LogP contribution in [0.5, 0.6) is 5.75 Å². The van der Waals surface area contributed by atoms with Crippen molar-refractivity contribution in [2.75, 3.05) is 5.88 Å². The normalized spacial score (nSPS) is 11.9. The van der Waals surface area contributed by atoms with Crippen molar-refractivity contribution in [3.63, 3.8) is 0 Å². The minimum atomic E-state index is -0.670. The zero-order valence-electron chi connectivity index (χ0n) is 17.7. The molecule has 0 saturated heterocycles. The van der Waals surface area contributed by atoms with E-state index in [1.165, 1.54) is 24.4 Å². The van der Waals surface area contributed by atoms with Crippen molar-refractivity contribution in [2.45, 2.75) is 6.42 Å². The number of nitrogens with zero attached hydrogens (tertiary/aromatic N) is 1. The quantitative estimate of drug-likeness (QED) is 0.0964. The molecule has 0 aliphatic carbocycles. The summed E-state index contributed by atoms with van der Waals surface area (Å²) in [7, 11) is 0. The van der Waals surface area contributed by atoms with E-state index in [2.05, 4.69) is 16.8 Å². The van der Waals surface area contributed by atoms with E-state index in [0.29, 0.717) is 27.8 Å². The average Bonchev–Trinajstić information content (AvgIpc) is 3.31. The molecule has 34 heavy (non-hydrogen) atoms. The number of halogens is 4. The summed E-state index contributed by atoms with van der Waals surface area (Å²) in [5.74, 6) is -1.34. The summed E-state index contributed by atoms with van der Waals surface area (Å²) in [6.07, 6.45) is 2.70. The Morgan fingerprint density at radius 3 is 2.59 bits per heavy atom. The Kier molecular flexibility index (Phi) is 7.10. The minimum absolute atomic E-state index is 0.142. The smallest absolute Gasteiger partial charge is 0.335 e. The Morgan fingerprint density at radius 1 is 1.09 bits per heavy atom. The lowest BCUT2D eigenvalue weighted by molar-refractivity contribution is -0.128. The van der Waals surface area contributed by atoms with Gasteiger partial charge in [-0.2, -0.15) is 5.10 Å². The van der Waals surface area contributed by atoms with Gasteiger partial charge in [0.25, 0.3) is 0 Å². The van der Waals surface area contributed by atoms with Crippen molar-refractivity contribution < 1.29 is 18.3 Å². The highest BCUT2D eigenvalue weighted by molar-refractivity contribution is 6.33. The van der Waals surface area contributed by atoms with Gasteiger partial charge in [0, 0.05) is 23.1 Å². The molecular weight excluding hydrogens is 481 g/mol. The maximum Gasteiger partial charge on any atom is 0.335 e. The van der Waals surface area contributed by atoms with E-state index in [1.54, 1.807) is 36.4 Å². The predicted molar refractivity (Wildman–Crippen MR) is 131 cm³/mol. The first-order valence-corrected chi connectivity index (χ1v) is 11.2. The number of benzene rings is 3. The average molecular weight is 499 g/mol. The molecule has 0 aliphatic heterocycles. The second-order valence-corrected chi connectivity index (χ2v) is 8.08. The number of hydrogen-bond donors (Lipinski definition) is 1. The van der Waals surface area contributed by atoms with Gasteiger partial charge in [-0.1, -0.05) is 42.4 Å². The van der Waals surface area contributed by atoms with E-state index in [0.717, 1.165) is 6.08 Å². The molecule has 4 rings (SSSR count). The molecule has 8 heteroatoms. The highest BCUT2D eigenvalue weighted by atomic mass is 35.5. The van der Waals surface area contributed by atoms with Gasteiger partial charge in [0.2, 0.25) is 0 Å². The summed E-state index contributed by atoms with van der Waals surface area (Å²) in [4.78, 5) is 12.0. The molecule has 0 atom stereocenters. The fourth-order valence-electron chi connectivity index (χ4n) is 3.78. The molecule has 0 spiro atoms. The topological polar surface area (TPSA) is 55.0 Å². The molecule has 0 amide bonds. The zero-order valence-corrected chi connectivity index (χ0v) is 19.3. The lowest BCUT2D eigenvalue weighted by atomic mass is 9.87. The number of nitrogens with one attached hydrogen (secondary N) is 1. The summed E-state index contributed by atoms with van der Waals surface area (Å²) in [5, 5.41) is 7.09. The van der Waals surface area contributed by atoms with Crippen molar-refractivity contribution in [3.05, 3.63) is 107 Å². The fraction of sp³-hybridized carbons (Fsp3) is 0.0769. The lowest BCUT2D eigenvalue weighted by Crippen LogP contribution is -2.07. The summed E-state index contributed by atoms with van der Waals surface area (Å²) in [6.45, 7) is 3.44. The second kappa shape index (κ2) is 10.2. The summed E-state index contributed by atoms with van der Waals surface area (Å²) < 4.78 is 35.1. The number of carbonyl (C=O) groups is 1. The molecule has 1 aromatic heterocycles. The van der Waals surface area contributed by atoms with Crippen LogP contribution < -0.4 is 4.74 Å².